The van der Waals surface area contributed by atoms with E-state index in [-0.39, 0.29) is 5.41 Å². The standard InChI is InChI=1S/C13H18/c1-5-11-8-7-9-12(10-11)13(3,4)6-2/h6-10H,2,5H2,1,3-4H3. The van der Waals surface area contributed by atoms with Crippen LogP contribution in [-0.4, -0.2) is 0 Å². The van der Waals surface area contributed by atoms with Crippen LogP contribution < -0.4 is 0 Å². The molecule has 0 bridgehead atoms. The molecule has 0 saturated carbocycles. The van der Waals surface area contributed by atoms with E-state index in [1.807, 2.05) is 6.08 Å². The van der Waals surface area contributed by atoms with E-state index < -0.39 is 0 Å². The van der Waals surface area contributed by atoms with E-state index in [0.717, 1.165) is 6.42 Å². The van der Waals surface area contributed by atoms with E-state index in [0.29, 0.717) is 0 Å². The zero-order valence-electron chi connectivity index (χ0n) is 8.80. The lowest BCUT2D eigenvalue weighted by Gasteiger charge is -2.20. The van der Waals surface area contributed by atoms with Crippen molar-refractivity contribution in [2.24, 2.45) is 0 Å². The Morgan fingerprint density at radius 3 is 2.62 bits per heavy atom. The molecule has 13 heavy (non-hydrogen) atoms. The molecular formula is C13H18. The Bertz CT molecular complexity index is 295. The molecule has 0 heterocycles. The van der Waals surface area contributed by atoms with Crippen molar-refractivity contribution in [1.29, 1.82) is 0 Å². The molecule has 0 atom stereocenters. The van der Waals surface area contributed by atoms with Crippen molar-refractivity contribution in [3.05, 3.63) is 48.0 Å². The van der Waals surface area contributed by atoms with E-state index in [2.05, 4.69) is 51.6 Å². The van der Waals surface area contributed by atoms with E-state index in [1.165, 1.54) is 11.1 Å². The van der Waals surface area contributed by atoms with E-state index in [1.54, 1.807) is 0 Å². The molecule has 0 radical (unpaired) electrons. The molecule has 0 saturated heterocycles. The smallest absolute Gasteiger partial charge is 0.00727 e. The molecule has 0 fully saturated rings. The highest BCUT2D eigenvalue weighted by atomic mass is 14.2. The van der Waals surface area contributed by atoms with Crippen LogP contribution >= 0.6 is 0 Å². The monoisotopic (exact) mass is 174 g/mol. The Labute approximate surface area is 81.3 Å². The predicted molar refractivity (Wildman–Crippen MR) is 59.0 cm³/mol. The number of rotatable bonds is 3. The van der Waals surface area contributed by atoms with Gasteiger partial charge in [-0.2, -0.15) is 0 Å². The minimum Gasteiger partial charge on any atom is -0.102 e. The molecule has 0 heteroatoms. The van der Waals surface area contributed by atoms with Gasteiger partial charge in [0.1, 0.15) is 0 Å². The average molecular weight is 174 g/mol. The highest BCUT2D eigenvalue weighted by molar-refractivity contribution is 5.32. The number of benzene rings is 1. The van der Waals surface area contributed by atoms with Gasteiger partial charge in [0, 0.05) is 5.41 Å². The summed E-state index contributed by atoms with van der Waals surface area (Å²) in [5.74, 6) is 0. The third kappa shape index (κ3) is 2.21. The minimum absolute atomic E-state index is 0.0885. The van der Waals surface area contributed by atoms with Gasteiger partial charge in [-0.05, 0) is 17.5 Å². The van der Waals surface area contributed by atoms with Crippen molar-refractivity contribution >= 4 is 0 Å². The molecule has 0 unspecified atom stereocenters. The summed E-state index contributed by atoms with van der Waals surface area (Å²) < 4.78 is 0. The molecule has 0 aliphatic rings. The van der Waals surface area contributed by atoms with Gasteiger partial charge >= 0.3 is 0 Å². The van der Waals surface area contributed by atoms with Crippen LogP contribution in [0.5, 0.6) is 0 Å². The lowest BCUT2D eigenvalue weighted by atomic mass is 9.84. The topological polar surface area (TPSA) is 0 Å². The molecule has 0 amide bonds. The SMILES string of the molecule is C=CC(C)(C)c1cccc(CC)c1. The Morgan fingerprint density at radius 1 is 1.38 bits per heavy atom. The molecule has 0 aromatic heterocycles. The summed E-state index contributed by atoms with van der Waals surface area (Å²) in [6.45, 7) is 10.4. The van der Waals surface area contributed by atoms with Gasteiger partial charge in [0.05, 0.1) is 0 Å². The van der Waals surface area contributed by atoms with Crippen LogP contribution in [0.4, 0.5) is 0 Å². The lowest BCUT2D eigenvalue weighted by molar-refractivity contribution is 0.670. The fourth-order valence-corrected chi connectivity index (χ4v) is 1.31. The quantitative estimate of drug-likeness (QED) is 0.613. The van der Waals surface area contributed by atoms with Crippen molar-refractivity contribution in [1.82, 2.24) is 0 Å². The molecule has 1 aromatic rings. The maximum Gasteiger partial charge on any atom is 0.00727 e. The fourth-order valence-electron chi connectivity index (χ4n) is 1.31. The van der Waals surface area contributed by atoms with Crippen molar-refractivity contribution in [3.8, 4) is 0 Å². The van der Waals surface area contributed by atoms with Gasteiger partial charge < -0.3 is 0 Å². The second-order valence-corrected chi connectivity index (χ2v) is 3.98. The summed E-state index contributed by atoms with van der Waals surface area (Å²) in [6, 6.07) is 8.73. The average Bonchev–Trinajstić information content (AvgIpc) is 2.18. The maximum absolute atomic E-state index is 3.86. The molecule has 70 valence electrons. The van der Waals surface area contributed by atoms with Crippen LogP contribution in [0.15, 0.2) is 36.9 Å². The summed E-state index contributed by atoms with van der Waals surface area (Å²) in [5, 5.41) is 0. The Hall–Kier alpha value is -1.04. The Balaban J connectivity index is 3.08. The van der Waals surface area contributed by atoms with Gasteiger partial charge in [-0.1, -0.05) is 51.1 Å². The first kappa shape index (κ1) is 10.0. The number of aryl methyl sites for hydroxylation is 1. The lowest BCUT2D eigenvalue weighted by Crippen LogP contribution is -2.12. The zero-order valence-corrected chi connectivity index (χ0v) is 8.80. The normalized spacial score (nSPS) is 11.3. The molecule has 1 rings (SSSR count). The van der Waals surface area contributed by atoms with Gasteiger partial charge in [-0.25, -0.2) is 0 Å². The largest absolute Gasteiger partial charge is 0.102 e. The third-order valence-corrected chi connectivity index (χ3v) is 2.59. The van der Waals surface area contributed by atoms with Gasteiger partial charge in [0.2, 0.25) is 0 Å². The van der Waals surface area contributed by atoms with E-state index in [9.17, 15) is 0 Å². The minimum atomic E-state index is 0.0885. The number of allylic oxidation sites excluding steroid dienone is 1. The van der Waals surface area contributed by atoms with Gasteiger partial charge in [-0.3, -0.25) is 0 Å². The van der Waals surface area contributed by atoms with Crippen molar-refractivity contribution in [2.75, 3.05) is 0 Å². The molecule has 0 nitrogen and oxygen atoms in total. The summed E-state index contributed by atoms with van der Waals surface area (Å²) >= 11 is 0. The molecule has 0 spiro atoms. The first-order valence-corrected chi connectivity index (χ1v) is 4.83. The Kier molecular flexibility index (Phi) is 2.92. The van der Waals surface area contributed by atoms with Crippen LogP contribution in [0.1, 0.15) is 31.9 Å². The van der Waals surface area contributed by atoms with Crippen molar-refractivity contribution < 1.29 is 0 Å². The highest BCUT2D eigenvalue weighted by Crippen LogP contribution is 2.24. The molecule has 1 aromatic carbocycles. The third-order valence-electron chi connectivity index (χ3n) is 2.59. The fraction of sp³-hybridized carbons (Fsp3) is 0.385. The first-order valence-electron chi connectivity index (χ1n) is 4.83. The summed E-state index contributed by atoms with van der Waals surface area (Å²) in [5.41, 5.74) is 2.83. The number of hydrogen-bond acceptors (Lipinski definition) is 0. The van der Waals surface area contributed by atoms with Crippen molar-refractivity contribution in [3.63, 3.8) is 0 Å². The van der Waals surface area contributed by atoms with Crippen LogP contribution in [0, 0.1) is 0 Å². The predicted octanol–water partition coefficient (Wildman–Crippen LogP) is 3.71. The van der Waals surface area contributed by atoms with E-state index >= 15 is 0 Å². The van der Waals surface area contributed by atoms with Gasteiger partial charge in [0.25, 0.3) is 0 Å². The van der Waals surface area contributed by atoms with Crippen molar-refractivity contribution in [2.45, 2.75) is 32.6 Å². The second-order valence-electron chi connectivity index (χ2n) is 3.98. The van der Waals surface area contributed by atoms with Gasteiger partial charge in [0.15, 0.2) is 0 Å². The van der Waals surface area contributed by atoms with Crippen LogP contribution in [-0.2, 0) is 11.8 Å². The van der Waals surface area contributed by atoms with E-state index in [4.69, 9.17) is 0 Å². The van der Waals surface area contributed by atoms with Crippen LogP contribution in [0.2, 0.25) is 0 Å². The highest BCUT2D eigenvalue weighted by Gasteiger charge is 2.15. The van der Waals surface area contributed by atoms with Crippen LogP contribution in [0.3, 0.4) is 0 Å². The van der Waals surface area contributed by atoms with Crippen LogP contribution in [0.25, 0.3) is 0 Å². The molecule has 0 N–H and O–H groups in total. The van der Waals surface area contributed by atoms with Gasteiger partial charge in [-0.15, -0.1) is 6.58 Å². The molecule has 0 aliphatic carbocycles. The summed E-state index contributed by atoms with van der Waals surface area (Å²) in [7, 11) is 0. The zero-order chi connectivity index (χ0) is 9.90. The maximum atomic E-state index is 3.86. The molecular weight excluding hydrogens is 156 g/mol. The first-order chi connectivity index (χ1) is 6.10. The molecule has 0 aliphatic heterocycles. The second kappa shape index (κ2) is 3.78. The Morgan fingerprint density at radius 2 is 2.08 bits per heavy atom. The summed E-state index contributed by atoms with van der Waals surface area (Å²) in [4.78, 5) is 0. The number of hydrogen-bond donors (Lipinski definition) is 0. The summed E-state index contributed by atoms with van der Waals surface area (Å²) in [6.07, 6.45) is 3.10.